The Hall–Kier alpha value is -2.87. The molecule has 0 unspecified atom stereocenters. The predicted molar refractivity (Wildman–Crippen MR) is 140 cm³/mol. The van der Waals surface area contributed by atoms with Crippen molar-refractivity contribution in [3.8, 4) is 0 Å². The first-order valence-electron chi connectivity index (χ1n) is 10.9. The summed E-state index contributed by atoms with van der Waals surface area (Å²) in [5.74, 6) is -0.379. The number of fused-ring (bicyclic) bond motifs is 1. The number of halogens is 3. The van der Waals surface area contributed by atoms with Crippen LogP contribution in [0, 0.1) is 5.82 Å². The van der Waals surface area contributed by atoms with Crippen LogP contribution in [-0.4, -0.2) is 21.5 Å². The maximum atomic E-state index is 14.3. The number of benzene rings is 3. The predicted octanol–water partition coefficient (Wildman–Crippen LogP) is 6.32. The zero-order valence-corrected chi connectivity index (χ0v) is 21.3. The highest BCUT2D eigenvalue weighted by atomic mass is 35.5. The summed E-state index contributed by atoms with van der Waals surface area (Å²) in [4.78, 5) is 30.4. The molecule has 1 heterocycles. The molecule has 1 N–H and O–H groups in total. The van der Waals surface area contributed by atoms with Crippen molar-refractivity contribution in [1.29, 1.82) is 0 Å². The maximum Gasteiger partial charge on any atom is 0.262 e. The number of carbonyl (C=O) groups excluding carboxylic acids is 1. The van der Waals surface area contributed by atoms with Crippen LogP contribution in [0.25, 0.3) is 10.9 Å². The van der Waals surface area contributed by atoms with Crippen LogP contribution in [0.15, 0.2) is 70.6 Å². The third-order valence-electron chi connectivity index (χ3n) is 5.27. The lowest BCUT2D eigenvalue weighted by Crippen LogP contribution is -2.30. The van der Waals surface area contributed by atoms with E-state index < -0.39 is 5.82 Å². The number of carbonyl (C=O) groups is 1. The molecule has 180 valence electrons. The molecular formula is C26H22Cl2FN3O2S. The van der Waals surface area contributed by atoms with E-state index in [1.54, 1.807) is 54.6 Å². The normalized spacial score (nSPS) is 11.3. The van der Waals surface area contributed by atoms with Crippen LogP contribution < -0.4 is 10.9 Å². The molecule has 0 saturated heterocycles. The Morgan fingerprint density at radius 2 is 1.86 bits per heavy atom. The van der Waals surface area contributed by atoms with Gasteiger partial charge in [0.1, 0.15) is 5.82 Å². The summed E-state index contributed by atoms with van der Waals surface area (Å²) in [5.41, 5.74) is 1.92. The molecule has 1 amide bonds. The zero-order valence-electron chi connectivity index (χ0n) is 19.0. The molecule has 0 spiro atoms. The fourth-order valence-electron chi connectivity index (χ4n) is 3.52. The van der Waals surface area contributed by atoms with Gasteiger partial charge in [-0.15, -0.1) is 0 Å². The van der Waals surface area contributed by atoms with Crippen LogP contribution in [0.1, 0.15) is 35.3 Å². The van der Waals surface area contributed by atoms with Crippen LogP contribution >= 0.6 is 35.0 Å². The first kappa shape index (κ1) is 25.2. The van der Waals surface area contributed by atoms with E-state index in [1.807, 2.05) is 13.8 Å². The second kappa shape index (κ2) is 10.8. The highest BCUT2D eigenvalue weighted by Crippen LogP contribution is 2.29. The van der Waals surface area contributed by atoms with E-state index in [4.69, 9.17) is 23.2 Å². The van der Waals surface area contributed by atoms with E-state index in [2.05, 4.69) is 10.3 Å². The molecule has 4 aromatic rings. The van der Waals surface area contributed by atoms with Crippen molar-refractivity contribution < 1.29 is 9.18 Å². The molecule has 0 bridgehead atoms. The average molecular weight is 530 g/mol. The Morgan fingerprint density at radius 1 is 1.11 bits per heavy atom. The van der Waals surface area contributed by atoms with Gasteiger partial charge in [-0.2, -0.15) is 0 Å². The van der Waals surface area contributed by atoms with Gasteiger partial charge < -0.3 is 5.32 Å². The summed E-state index contributed by atoms with van der Waals surface area (Å²) in [5, 5.41) is 4.41. The summed E-state index contributed by atoms with van der Waals surface area (Å²) in [6.07, 6.45) is 0. The highest BCUT2D eigenvalue weighted by Gasteiger charge is 2.16. The summed E-state index contributed by atoms with van der Waals surface area (Å²) in [6, 6.07) is 16.5. The van der Waals surface area contributed by atoms with Gasteiger partial charge in [-0.1, -0.05) is 53.2 Å². The Balaban J connectivity index is 1.70. The van der Waals surface area contributed by atoms with Gasteiger partial charge in [-0.25, -0.2) is 9.37 Å². The SMILES string of the molecule is CC(C)NC(=O)c1ccc(Cn2c(SCc3c(F)cccc3Cl)nc3ccc(Cl)cc3c2=O)cc1. The molecule has 0 aliphatic heterocycles. The van der Waals surface area contributed by atoms with Gasteiger partial charge in [0.15, 0.2) is 5.16 Å². The maximum absolute atomic E-state index is 14.3. The molecule has 4 rings (SSSR count). The molecule has 0 aliphatic rings. The molecule has 3 aromatic carbocycles. The molecule has 0 radical (unpaired) electrons. The molecule has 9 heteroatoms. The first-order valence-corrected chi connectivity index (χ1v) is 12.6. The third-order valence-corrected chi connectivity index (χ3v) is 6.86. The first-order chi connectivity index (χ1) is 16.7. The van der Waals surface area contributed by atoms with E-state index in [9.17, 15) is 14.0 Å². The fraction of sp³-hybridized carbons (Fsp3) is 0.192. The van der Waals surface area contributed by atoms with E-state index in [1.165, 1.54) is 22.4 Å². The molecule has 0 saturated carbocycles. The van der Waals surface area contributed by atoms with Crippen LogP contribution in [0.3, 0.4) is 0 Å². The van der Waals surface area contributed by atoms with Crippen LogP contribution in [-0.2, 0) is 12.3 Å². The van der Waals surface area contributed by atoms with E-state index in [-0.39, 0.29) is 29.8 Å². The van der Waals surface area contributed by atoms with Crippen molar-refractivity contribution in [3.63, 3.8) is 0 Å². The molecular weight excluding hydrogens is 508 g/mol. The molecule has 0 atom stereocenters. The third kappa shape index (κ3) is 5.86. The quantitative estimate of drug-likeness (QED) is 0.224. The molecule has 35 heavy (non-hydrogen) atoms. The summed E-state index contributed by atoms with van der Waals surface area (Å²) < 4.78 is 15.9. The van der Waals surface area contributed by atoms with Crippen molar-refractivity contribution in [2.45, 2.75) is 37.3 Å². The number of nitrogens with zero attached hydrogens (tertiary/aromatic N) is 2. The zero-order chi connectivity index (χ0) is 25.1. The van der Waals surface area contributed by atoms with Crippen LogP contribution in [0.2, 0.25) is 10.0 Å². The van der Waals surface area contributed by atoms with Crippen molar-refractivity contribution in [2.24, 2.45) is 0 Å². The van der Waals surface area contributed by atoms with Crippen LogP contribution in [0.5, 0.6) is 0 Å². The largest absolute Gasteiger partial charge is 0.350 e. The molecule has 0 fully saturated rings. The van der Waals surface area contributed by atoms with Gasteiger partial charge in [0.05, 0.1) is 17.4 Å². The fourth-order valence-corrected chi connectivity index (χ4v) is 5.03. The van der Waals surface area contributed by atoms with Gasteiger partial charge in [-0.3, -0.25) is 14.2 Å². The standard InChI is InChI=1S/C26H22Cl2FN3O2S/c1-15(2)30-24(33)17-8-6-16(7-9-17)13-32-25(34)19-12-18(27)10-11-23(19)31-26(32)35-14-20-21(28)4-3-5-22(20)29/h3-12,15H,13-14H2,1-2H3,(H,30,33). The minimum Gasteiger partial charge on any atom is -0.350 e. The number of thioether (sulfide) groups is 1. The number of hydrogen-bond acceptors (Lipinski definition) is 4. The van der Waals surface area contributed by atoms with Gasteiger partial charge in [0, 0.05) is 33.0 Å². The Labute approximate surface area is 216 Å². The van der Waals surface area contributed by atoms with Gasteiger partial charge in [-0.05, 0) is 61.9 Å². The van der Waals surface area contributed by atoms with E-state index >= 15 is 0 Å². The van der Waals surface area contributed by atoms with Crippen molar-refractivity contribution in [3.05, 3.63) is 104 Å². The second-order valence-electron chi connectivity index (χ2n) is 8.26. The number of rotatable bonds is 7. The Bertz CT molecular complexity index is 1440. The smallest absolute Gasteiger partial charge is 0.262 e. The van der Waals surface area contributed by atoms with Crippen molar-refractivity contribution in [2.75, 3.05) is 0 Å². The molecule has 1 aromatic heterocycles. The van der Waals surface area contributed by atoms with Crippen LogP contribution in [0.4, 0.5) is 4.39 Å². The minimum absolute atomic E-state index is 0.0267. The monoisotopic (exact) mass is 529 g/mol. The van der Waals surface area contributed by atoms with E-state index in [0.29, 0.717) is 37.2 Å². The number of hydrogen-bond donors (Lipinski definition) is 1. The topological polar surface area (TPSA) is 64.0 Å². The molecule has 5 nitrogen and oxygen atoms in total. The van der Waals surface area contributed by atoms with Crippen molar-refractivity contribution >= 4 is 51.8 Å². The Morgan fingerprint density at radius 3 is 2.54 bits per heavy atom. The summed E-state index contributed by atoms with van der Waals surface area (Å²) in [7, 11) is 0. The van der Waals surface area contributed by atoms with Crippen molar-refractivity contribution in [1.82, 2.24) is 14.9 Å². The van der Waals surface area contributed by atoms with Gasteiger partial charge in [0.2, 0.25) is 0 Å². The van der Waals surface area contributed by atoms with Gasteiger partial charge in [0.25, 0.3) is 11.5 Å². The lowest BCUT2D eigenvalue weighted by Gasteiger charge is -2.14. The minimum atomic E-state index is -0.415. The average Bonchev–Trinajstić information content (AvgIpc) is 2.81. The second-order valence-corrected chi connectivity index (χ2v) is 10.0. The number of aromatic nitrogens is 2. The van der Waals surface area contributed by atoms with Gasteiger partial charge >= 0.3 is 0 Å². The lowest BCUT2D eigenvalue weighted by molar-refractivity contribution is 0.0943. The molecule has 0 aliphatic carbocycles. The Kier molecular flexibility index (Phi) is 7.79. The van der Waals surface area contributed by atoms with E-state index in [0.717, 1.165) is 5.56 Å². The summed E-state index contributed by atoms with van der Waals surface area (Å²) >= 11 is 13.5. The number of nitrogens with one attached hydrogen (secondary N) is 1. The lowest BCUT2D eigenvalue weighted by atomic mass is 10.1. The summed E-state index contributed by atoms with van der Waals surface area (Å²) in [6.45, 7) is 4.00. The number of amides is 1. The highest BCUT2D eigenvalue weighted by molar-refractivity contribution is 7.98.